The Morgan fingerprint density at radius 2 is 2.00 bits per heavy atom. The van der Waals surface area contributed by atoms with Crippen molar-refractivity contribution in [3.05, 3.63) is 0 Å². The predicted octanol–water partition coefficient (Wildman–Crippen LogP) is -0.311. The fourth-order valence-electron chi connectivity index (χ4n) is 0.565. The Hall–Kier alpha value is -0.433. The molecular formula is C7H16O5Si. The van der Waals surface area contributed by atoms with Crippen LogP contribution < -0.4 is 0 Å². The summed E-state index contributed by atoms with van der Waals surface area (Å²) in [4.78, 5) is 10.9. The van der Waals surface area contributed by atoms with Crippen LogP contribution in [0.5, 0.6) is 0 Å². The lowest BCUT2D eigenvalue weighted by atomic mass is 10.7. The van der Waals surface area contributed by atoms with E-state index in [4.69, 9.17) is 18.3 Å². The van der Waals surface area contributed by atoms with Crippen LogP contribution in [0.4, 0.5) is 0 Å². The van der Waals surface area contributed by atoms with Crippen LogP contribution in [0.1, 0.15) is 0 Å². The van der Waals surface area contributed by atoms with Gasteiger partial charge in [-0.2, -0.15) is 0 Å². The van der Waals surface area contributed by atoms with E-state index >= 15 is 0 Å². The zero-order valence-corrected chi connectivity index (χ0v) is 9.39. The van der Waals surface area contributed by atoms with Gasteiger partial charge in [-0.1, -0.05) is 0 Å². The summed E-state index contributed by atoms with van der Waals surface area (Å²) in [5, 5.41) is 0. The quantitative estimate of drug-likeness (QED) is 0.424. The number of methoxy groups -OCH3 is 1. The molecule has 0 fully saturated rings. The van der Waals surface area contributed by atoms with Crippen LogP contribution in [-0.2, 0) is 23.1 Å². The topological polar surface area (TPSA) is 54.0 Å². The molecule has 0 aliphatic rings. The Bertz CT molecular complexity index is 141. The summed E-state index contributed by atoms with van der Waals surface area (Å²) in [5.74, 6) is -0.378. The summed E-state index contributed by atoms with van der Waals surface area (Å²) >= 11 is 0. The van der Waals surface area contributed by atoms with Crippen LogP contribution in [0.15, 0.2) is 0 Å². The van der Waals surface area contributed by atoms with Crippen molar-refractivity contribution in [2.45, 2.75) is 6.55 Å². The van der Waals surface area contributed by atoms with Gasteiger partial charge in [0.1, 0.15) is 6.61 Å². The Morgan fingerprint density at radius 3 is 2.54 bits per heavy atom. The van der Waals surface area contributed by atoms with Crippen LogP contribution in [0, 0.1) is 0 Å². The molecule has 0 amide bonds. The van der Waals surface area contributed by atoms with E-state index in [0.29, 0.717) is 13.2 Å². The van der Waals surface area contributed by atoms with Crippen molar-refractivity contribution in [1.29, 1.82) is 0 Å². The lowest BCUT2D eigenvalue weighted by Crippen LogP contribution is -2.24. The minimum absolute atomic E-state index is 0.0376. The number of hydrogen-bond acceptors (Lipinski definition) is 5. The van der Waals surface area contributed by atoms with E-state index in [9.17, 15) is 4.79 Å². The first kappa shape index (κ1) is 12.6. The summed E-state index contributed by atoms with van der Waals surface area (Å²) in [5.41, 5.74) is 0. The fourth-order valence-corrected chi connectivity index (χ4v) is 1.10. The normalized spacial score (nSPS) is 12.5. The Labute approximate surface area is 79.8 Å². The van der Waals surface area contributed by atoms with Gasteiger partial charge in [0.2, 0.25) is 0 Å². The monoisotopic (exact) mass is 208 g/mol. The molecule has 0 N–H and O–H groups in total. The third-order valence-electron chi connectivity index (χ3n) is 1.28. The Balaban J connectivity index is 3.30. The lowest BCUT2D eigenvalue weighted by Gasteiger charge is -2.09. The number of hydrogen-bond donors (Lipinski definition) is 0. The highest BCUT2D eigenvalue weighted by molar-refractivity contribution is 6.44. The van der Waals surface area contributed by atoms with Crippen molar-refractivity contribution in [3.8, 4) is 0 Å². The van der Waals surface area contributed by atoms with Gasteiger partial charge in [-0.3, -0.25) is 4.79 Å². The van der Waals surface area contributed by atoms with E-state index in [0.717, 1.165) is 0 Å². The van der Waals surface area contributed by atoms with Gasteiger partial charge in [0.05, 0.1) is 13.2 Å². The van der Waals surface area contributed by atoms with E-state index in [1.807, 2.05) is 0 Å². The molecule has 1 atom stereocenters. The summed E-state index contributed by atoms with van der Waals surface area (Å²) < 4.78 is 19.4. The molecule has 0 aliphatic heterocycles. The molecule has 0 bridgehead atoms. The second kappa shape index (κ2) is 8.18. The fraction of sp³-hybridized carbons (Fsp3) is 0.857. The predicted molar refractivity (Wildman–Crippen MR) is 48.8 cm³/mol. The minimum Gasteiger partial charge on any atom is -0.495 e. The van der Waals surface area contributed by atoms with E-state index in [1.165, 1.54) is 7.11 Å². The van der Waals surface area contributed by atoms with Gasteiger partial charge in [0, 0.05) is 14.2 Å². The zero-order chi connectivity index (χ0) is 10.1. The van der Waals surface area contributed by atoms with E-state index < -0.39 is 9.28 Å². The van der Waals surface area contributed by atoms with E-state index in [1.54, 1.807) is 13.7 Å². The molecule has 0 heterocycles. The molecule has 0 radical (unpaired) electrons. The van der Waals surface area contributed by atoms with Crippen LogP contribution >= 0.6 is 0 Å². The summed E-state index contributed by atoms with van der Waals surface area (Å²) in [6, 6.07) is 0. The first-order valence-electron chi connectivity index (χ1n) is 3.99. The average Bonchev–Trinajstić information content (AvgIpc) is 2.12. The van der Waals surface area contributed by atoms with Gasteiger partial charge in [-0.05, 0) is 6.55 Å². The molecular weight excluding hydrogens is 192 g/mol. The Kier molecular flexibility index (Phi) is 7.91. The van der Waals surface area contributed by atoms with Crippen molar-refractivity contribution in [1.82, 2.24) is 0 Å². The van der Waals surface area contributed by atoms with Gasteiger partial charge in [0.25, 0.3) is 0 Å². The van der Waals surface area contributed by atoms with Crippen molar-refractivity contribution in [2.24, 2.45) is 0 Å². The van der Waals surface area contributed by atoms with Gasteiger partial charge in [-0.15, -0.1) is 0 Å². The standard InChI is InChI=1S/C7H16O5Si/c1-9-4-5-11-6-7(8)12-13(3)10-2/h13H,4-6H2,1-3H3. The summed E-state index contributed by atoms with van der Waals surface area (Å²) in [6.07, 6.45) is 0. The maximum absolute atomic E-state index is 10.9. The largest absolute Gasteiger partial charge is 0.495 e. The molecule has 5 nitrogen and oxygen atoms in total. The van der Waals surface area contributed by atoms with Gasteiger partial charge < -0.3 is 18.3 Å². The van der Waals surface area contributed by atoms with Crippen LogP contribution in [0.2, 0.25) is 6.55 Å². The molecule has 0 aromatic heterocycles. The maximum Gasteiger partial charge on any atom is 0.382 e. The average molecular weight is 208 g/mol. The van der Waals surface area contributed by atoms with Crippen molar-refractivity contribution < 1.29 is 23.1 Å². The van der Waals surface area contributed by atoms with Gasteiger partial charge in [0.15, 0.2) is 0 Å². The van der Waals surface area contributed by atoms with E-state index in [-0.39, 0.29) is 12.6 Å². The molecule has 0 aromatic carbocycles. The minimum atomic E-state index is -1.76. The highest BCUT2D eigenvalue weighted by Gasteiger charge is 2.10. The first-order chi connectivity index (χ1) is 6.20. The molecule has 0 rings (SSSR count). The third kappa shape index (κ3) is 7.91. The molecule has 0 spiro atoms. The van der Waals surface area contributed by atoms with Crippen molar-refractivity contribution >= 4 is 15.3 Å². The summed E-state index contributed by atoms with van der Waals surface area (Å²) in [6.45, 7) is 2.61. The highest BCUT2D eigenvalue weighted by Crippen LogP contribution is 1.88. The Morgan fingerprint density at radius 1 is 1.31 bits per heavy atom. The molecule has 0 aromatic rings. The third-order valence-corrected chi connectivity index (χ3v) is 2.54. The number of carbonyl (C=O) groups excluding carboxylic acids is 1. The zero-order valence-electron chi connectivity index (χ0n) is 8.24. The van der Waals surface area contributed by atoms with Crippen LogP contribution in [-0.4, -0.2) is 49.3 Å². The van der Waals surface area contributed by atoms with Crippen LogP contribution in [0.3, 0.4) is 0 Å². The molecule has 0 saturated heterocycles. The molecule has 78 valence electrons. The molecule has 0 saturated carbocycles. The molecule has 0 aliphatic carbocycles. The van der Waals surface area contributed by atoms with Gasteiger partial charge >= 0.3 is 15.3 Å². The highest BCUT2D eigenvalue weighted by atomic mass is 28.3. The van der Waals surface area contributed by atoms with Crippen molar-refractivity contribution in [2.75, 3.05) is 34.0 Å². The molecule has 13 heavy (non-hydrogen) atoms. The number of ether oxygens (including phenoxy) is 2. The second-order valence-corrected chi connectivity index (χ2v) is 4.18. The maximum atomic E-state index is 10.9. The SMILES string of the molecule is COCCOCC(=O)O[SiH](C)OC. The van der Waals surface area contributed by atoms with Crippen molar-refractivity contribution in [3.63, 3.8) is 0 Å². The first-order valence-corrected chi connectivity index (χ1v) is 6.09. The lowest BCUT2D eigenvalue weighted by molar-refractivity contribution is -0.141. The van der Waals surface area contributed by atoms with Crippen LogP contribution in [0.25, 0.3) is 0 Å². The van der Waals surface area contributed by atoms with E-state index in [2.05, 4.69) is 0 Å². The number of carbonyl (C=O) groups is 1. The van der Waals surface area contributed by atoms with Gasteiger partial charge in [-0.25, -0.2) is 0 Å². The smallest absolute Gasteiger partial charge is 0.382 e. The summed E-state index contributed by atoms with van der Waals surface area (Å²) in [7, 11) is 1.34. The molecule has 6 heteroatoms. The molecule has 1 unspecified atom stereocenters. The second-order valence-electron chi connectivity index (χ2n) is 2.34. The number of rotatable bonds is 7.